The van der Waals surface area contributed by atoms with Crippen molar-refractivity contribution < 1.29 is 0 Å². The van der Waals surface area contributed by atoms with Gasteiger partial charge in [0.25, 0.3) is 0 Å². The molecule has 1 rings (SSSR count). The van der Waals surface area contributed by atoms with Crippen molar-refractivity contribution in [1.82, 2.24) is 21.7 Å². The van der Waals surface area contributed by atoms with Gasteiger partial charge in [-0.2, -0.15) is 21.7 Å². The molecule has 0 unspecified atom stereocenters. The number of nitrogens with one attached hydrogen (secondary N) is 3. The fourth-order valence-corrected chi connectivity index (χ4v) is 3.06. The monoisotopic (exact) mass is 312 g/mol. The van der Waals surface area contributed by atoms with E-state index in [1.807, 2.05) is 5.12 Å². The van der Waals surface area contributed by atoms with Gasteiger partial charge in [0.1, 0.15) is 0 Å². The molecule has 0 radical (unpaired) electrons. The molecule has 0 amide bonds. The van der Waals surface area contributed by atoms with Crippen molar-refractivity contribution in [2.45, 2.75) is 110 Å². The lowest BCUT2D eigenvalue weighted by Gasteiger charge is -2.33. The van der Waals surface area contributed by atoms with E-state index in [1.165, 1.54) is 103 Å². The van der Waals surface area contributed by atoms with Gasteiger partial charge in [-0.3, -0.25) is 0 Å². The Bertz CT molecular complexity index is 219. The second-order valence-corrected chi connectivity index (χ2v) is 6.80. The van der Waals surface area contributed by atoms with Crippen molar-refractivity contribution in [3.8, 4) is 0 Å². The number of rotatable bonds is 17. The molecule has 0 aromatic rings. The summed E-state index contributed by atoms with van der Waals surface area (Å²) in [5.74, 6) is 0. The van der Waals surface area contributed by atoms with Crippen molar-refractivity contribution in [3.63, 3.8) is 0 Å². The Morgan fingerprint density at radius 3 is 1.18 bits per heavy atom. The third-order valence-corrected chi connectivity index (χ3v) is 4.62. The summed E-state index contributed by atoms with van der Waals surface area (Å²) in [5.41, 5.74) is 8.73. The molecule has 22 heavy (non-hydrogen) atoms. The quantitative estimate of drug-likeness (QED) is 0.331. The van der Waals surface area contributed by atoms with Crippen LogP contribution in [0.3, 0.4) is 0 Å². The highest BCUT2D eigenvalue weighted by molar-refractivity contribution is 4.51. The van der Waals surface area contributed by atoms with E-state index in [9.17, 15) is 0 Å². The lowest BCUT2D eigenvalue weighted by Crippen LogP contribution is -2.73. The minimum absolute atomic E-state index is 1.09. The molecule has 4 heteroatoms. The Morgan fingerprint density at radius 2 is 0.864 bits per heavy atom. The van der Waals surface area contributed by atoms with E-state index >= 15 is 0 Å². The molecule has 1 saturated heterocycles. The van der Waals surface area contributed by atoms with E-state index in [1.54, 1.807) is 0 Å². The molecule has 132 valence electrons. The van der Waals surface area contributed by atoms with E-state index in [4.69, 9.17) is 0 Å². The Morgan fingerprint density at radius 1 is 0.500 bits per heavy atom. The molecule has 1 fully saturated rings. The number of nitrogens with zero attached hydrogens (tertiary/aromatic N) is 1. The second kappa shape index (κ2) is 15.7. The normalized spacial score (nSPS) is 15.1. The summed E-state index contributed by atoms with van der Waals surface area (Å²) in [5, 5.41) is 1.99. The summed E-state index contributed by atoms with van der Waals surface area (Å²) in [7, 11) is 0. The molecule has 1 heterocycles. The molecule has 0 bridgehead atoms. The largest absolute Gasteiger partial charge is 0.164 e. The smallest absolute Gasteiger partial charge is 0.0316 e. The fraction of sp³-hybridized carbons (Fsp3) is 1.00. The second-order valence-electron chi connectivity index (χ2n) is 6.80. The van der Waals surface area contributed by atoms with Crippen LogP contribution >= 0.6 is 0 Å². The van der Waals surface area contributed by atoms with Crippen LogP contribution in [0.1, 0.15) is 110 Å². The number of unbranched alkanes of at least 4 members (excludes halogenated alkanes) is 15. The van der Waals surface area contributed by atoms with Crippen molar-refractivity contribution >= 4 is 0 Å². The van der Waals surface area contributed by atoms with Gasteiger partial charge in [-0.1, -0.05) is 103 Å². The molecule has 3 N–H and O–H groups in total. The number of hydrogen-bond acceptors (Lipinski definition) is 4. The SMILES string of the molecule is CCCCCCCCCCCCCCCCCCN1NNN1. The Kier molecular flexibility index (Phi) is 14.2. The molecule has 0 aromatic carbocycles. The van der Waals surface area contributed by atoms with Gasteiger partial charge in [0.15, 0.2) is 0 Å². The van der Waals surface area contributed by atoms with Crippen LogP contribution in [-0.2, 0) is 0 Å². The third kappa shape index (κ3) is 12.4. The molecular formula is C18H40N4. The average molecular weight is 313 g/mol. The zero-order valence-corrected chi connectivity index (χ0v) is 15.0. The Labute approximate surface area is 138 Å². The molecular weight excluding hydrogens is 272 g/mol. The minimum Gasteiger partial charge on any atom is -0.164 e. The van der Waals surface area contributed by atoms with Gasteiger partial charge in [0.2, 0.25) is 0 Å². The van der Waals surface area contributed by atoms with E-state index in [-0.39, 0.29) is 0 Å². The van der Waals surface area contributed by atoms with Crippen LogP contribution < -0.4 is 16.6 Å². The topological polar surface area (TPSA) is 39.3 Å². The first-order valence-corrected chi connectivity index (χ1v) is 9.97. The maximum atomic E-state index is 2.97. The van der Waals surface area contributed by atoms with Crippen LogP contribution in [0.4, 0.5) is 0 Å². The zero-order chi connectivity index (χ0) is 15.7. The first-order valence-electron chi connectivity index (χ1n) is 9.97. The minimum atomic E-state index is 1.09. The molecule has 0 saturated carbocycles. The molecule has 0 aromatic heterocycles. The van der Waals surface area contributed by atoms with Gasteiger partial charge in [0.05, 0.1) is 0 Å². The lowest BCUT2D eigenvalue weighted by molar-refractivity contribution is -0.0679. The lowest BCUT2D eigenvalue weighted by atomic mass is 10.0. The van der Waals surface area contributed by atoms with E-state index in [0.717, 1.165) is 6.54 Å². The maximum Gasteiger partial charge on any atom is 0.0316 e. The van der Waals surface area contributed by atoms with Gasteiger partial charge < -0.3 is 0 Å². The summed E-state index contributed by atoms with van der Waals surface area (Å²) >= 11 is 0. The van der Waals surface area contributed by atoms with Crippen LogP contribution in [0.2, 0.25) is 0 Å². The van der Waals surface area contributed by atoms with Crippen LogP contribution in [-0.4, -0.2) is 11.7 Å². The molecule has 1 aliphatic rings. The van der Waals surface area contributed by atoms with Gasteiger partial charge >= 0.3 is 0 Å². The summed E-state index contributed by atoms with van der Waals surface area (Å²) in [6.45, 7) is 3.38. The zero-order valence-electron chi connectivity index (χ0n) is 15.0. The molecule has 4 nitrogen and oxygen atoms in total. The fourth-order valence-electron chi connectivity index (χ4n) is 3.06. The van der Waals surface area contributed by atoms with E-state index < -0.39 is 0 Å². The summed E-state index contributed by atoms with van der Waals surface area (Å²) in [6.07, 6.45) is 22.9. The molecule has 0 atom stereocenters. The van der Waals surface area contributed by atoms with Gasteiger partial charge in [-0.05, 0) is 6.42 Å². The molecule has 1 aliphatic heterocycles. The van der Waals surface area contributed by atoms with Crippen LogP contribution in [0.5, 0.6) is 0 Å². The standard InChI is InChI=1S/C18H40N4/c1-2-3-4-5-6-7-8-9-10-11-12-13-14-15-16-17-18-22-20-19-21-22/h19-21H,2-18H2,1H3. The Balaban J connectivity index is 1.61. The highest BCUT2D eigenvalue weighted by atomic mass is 16.1. The van der Waals surface area contributed by atoms with Crippen LogP contribution in [0, 0.1) is 0 Å². The Hall–Kier alpha value is -0.160. The van der Waals surface area contributed by atoms with E-state index in [2.05, 4.69) is 23.5 Å². The van der Waals surface area contributed by atoms with Gasteiger partial charge in [-0.25, -0.2) is 0 Å². The highest BCUT2D eigenvalue weighted by Gasteiger charge is 2.08. The maximum absolute atomic E-state index is 2.97. The van der Waals surface area contributed by atoms with Crippen LogP contribution in [0.25, 0.3) is 0 Å². The summed E-state index contributed by atoms with van der Waals surface area (Å²) in [4.78, 5) is 0. The van der Waals surface area contributed by atoms with Gasteiger partial charge in [-0.15, -0.1) is 0 Å². The van der Waals surface area contributed by atoms with Crippen molar-refractivity contribution in [1.29, 1.82) is 0 Å². The average Bonchev–Trinajstić information content (AvgIpc) is 2.48. The van der Waals surface area contributed by atoms with Gasteiger partial charge in [0, 0.05) is 6.54 Å². The predicted molar refractivity (Wildman–Crippen MR) is 95.7 cm³/mol. The van der Waals surface area contributed by atoms with Crippen molar-refractivity contribution in [2.24, 2.45) is 0 Å². The third-order valence-electron chi connectivity index (χ3n) is 4.62. The molecule has 0 aliphatic carbocycles. The summed E-state index contributed by atoms with van der Waals surface area (Å²) < 4.78 is 0. The van der Waals surface area contributed by atoms with Crippen molar-refractivity contribution in [2.75, 3.05) is 6.54 Å². The van der Waals surface area contributed by atoms with Crippen LogP contribution in [0.15, 0.2) is 0 Å². The first-order chi connectivity index (χ1) is 10.9. The van der Waals surface area contributed by atoms with E-state index in [0.29, 0.717) is 0 Å². The number of hydrogen-bond donors (Lipinski definition) is 3. The molecule has 0 spiro atoms. The summed E-state index contributed by atoms with van der Waals surface area (Å²) in [6, 6.07) is 0. The van der Waals surface area contributed by atoms with Crippen molar-refractivity contribution in [3.05, 3.63) is 0 Å². The highest BCUT2D eigenvalue weighted by Crippen LogP contribution is 2.13. The first kappa shape index (κ1) is 19.9. The number of hydrazine groups is 4. The predicted octanol–water partition coefficient (Wildman–Crippen LogP) is 4.99.